The molecule has 0 radical (unpaired) electrons. The zero-order chi connectivity index (χ0) is 30.3. The molecule has 1 aliphatic rings. The van der Waals surface area contributed by atoms with Crippen LogP contribution in [0.3, 0.4) is 0 Å². The summed E-state index contributed by atoms with van der Waals surface area (Å²) < 4.78 is 24.0. The zero-order valence-electron chi connectivity index (χ0n) is 23.2. The van der Waals surface area contributed by atoms with Crippen molar-refractivity contribution < 1.29 is 28.5 Å². The molecule has 0 unspecified atom stereocenters. The fourth-order valence-electron chi connectivity index (χ4n) is 3.57. The van der Waals surface area contributed by atoms with Gasteiger partial charge in [-0.1, -0.05) is 24.3 Å². The molecule has 0 saturated carbocycles. The number of nitrogens with zero attached hydrogens (tertiary/aromatic N) is 4. The van der Waals surface area contributed by atoms with E-state index in [1.54, 1.807) is 23.5 Å². The average Bonchev–Trinajstić information content (AvgIpc) is 3.51. The lowest BCUT2D eigenvalue weighted by Crippen LogP contribution is -2.22. The lowest BCUT2D eigenvalue weighted by molar-refractivity contribution is -0.132. The Morgan fingerprint density at radius 3 is 1.65 bits per heavy atom. The summed E-state index contributed by atoms with van der Waals surface area (Å²) >= 11 is 5.16. The number of fused-ring (bicyclic) bond motifs is 6. The largest absolute Gasteiger partial charge is 0.379 e. The van der Waals surface area contributed by atoms with E-state index < -0.39 is 11.8 Å². The van der Waals surface area contributed by atoms with Gasteiger partial charge in [0.05, 0.1) is 39.5 Å². The molecule has 6 bridgehead atoms. The minimum absolute atomic E-state index is 0.145. The number of hydrogen-bond acceptors (Lipinski definition) is 14. The summed E-state index contributed by atoms with van der Waals surface area (Å²) in [6.45, 7) is 1.21. The van der Waals surface area contributed by atoms with E-state index in [2.05, 4.69) is 45.1 Å². The van der Waals surface area contributed by atoms with Crippen LogP contribution in [-0.4, -0.2) is 89.3 Å². The van der Waals surface area contributed by atoms with Gasteiger partial charge >= 0.3 is 9.75 Å². The number of benzene rings is 1. The third-order valence-corrected chi connectivity index (χ3v) is 9.02. The van der Waals surface area contributed by atoms with Gasteiger partial charge in [-0.2, -0.15) is 23.5 Å². The number of thioether (sulfide) groups is 2. The molecule has 3 heterocycles. The third kappa shape index (κ3) is 12.1. The second-order valence-corrected chi connectivity index (χ2v) is 12.9. The first-order valence-electron chi connectivity index (χ1n) is 13.3. The SMILES string of the molecule is O=C1COCOCC(=O)Nc2nn(c(=O)s2)CCOCCSCc2cccc(c2)CSCCOCCn2nc(sc2=O)N1. The van der Waals surface area contributed by atoms with Gasteiger partial charge in [0.15, 0.2) is 0 Å². The van der Waals surface area contributed by atoms with Crippen molar-refractivity contribution >= 4 is 68.3 Å². The van der Waals surface area contributed by atoms with Crippen LogP contribution in [0.5, 0.6) is 0 Å². The van der Waals surface area contributed by atoms with Gasteiger partial charge in [-0.05, 0) is 33.8 Å². The molecule has 0 fully saturated rings. The van der Waals surface area contributed by atoms with Gasteiger partial charge in [0.1, 0.15) is 20.0 Å². The maximum absolute atomic E-state index is 12.2. The van der Waals surface area contributed by atoms with E-state index in [1.807, 2.05) is 0 Å². The minimum atomic E-state index is -0.531. The van der Waals surface area contributed by atoms with Crippen LogP contribution in [0.4, 0.5) is 10.3 Å². The van der Waals surface area contributed by atoms with Crippen LogP contribution >= 0.6 is 46.2 Å². The van der Waals surface area contributed by atoms with Crippen molar-refractivity contribution in [3.63, 3.8) is 0 Å². The molecule has 18 heteroatoms. The summed E-state index contributed by atoms with van der Waals surface area (Å²) in [5, 5.41) is 13.5. The molecule has 1 aromatic carbocycles. The lowest BCUT2D eigenvalue weighted by atomic mass is 10.2. The molecule has 0 aliphatic carbocycles. The first kappa shape index (κ1) is 33.3. The van der Waals surface area contributed by atoms with Crippen molar-refractivity contribution in [2.45, 2.75) is 24.6 Å². The number of anilines is 2. The molecule has 3 aromatic rings. The Morgan fingerprint density at radius 1 is 0.674 bits per heavy atom. The Kier molecular flexibility index (Phi) is 14.2. The van der Waals surface area contributed by atoms with Crippen molar-refractivity contribution in [1.29, 1.82) is 0 Å². The highest BCUT2D eigenvalue weighted by atomic mass is 32.2. The van der Waals surface area contributed by atoms with E-state index >= 15 is 0 Å². The quantitative estimate of drug-likeness (QED) is 0.356. The predicted octanol–water partition coefficient (Wildman–Crippen LogP) is 1.70. The molecule has 1 aliphatic heterocycles. The van der Waals surface area contributed by atoms with Crippen LogP contribution in [0, 0.1) is 0 Å². The maximum atomic E-state index is 12.2. The van der Waals surface area contributed by atoms with Gasteiger partial charge in [-0.25, -0.2) is 9.36 Å². The second kappa shape index (κ2) is 18.3. The Bertz CT molecular complexity index is 1340. The van der Waals surface area contributed by atoms with Gasteiger partial charge < -0.3 is 18.9 Å². The molecular weight excluding hydrogens is 641 g/mol. The fraction of sp³-hybridized carbons (Fsp3) is 0.520. The van der Waals surface area contributed by atoms with Crippen molar-refractivity contribution in [2.75, 3.05) is 68.6 Å². The number of nitrogens with one attached hydrogen (secondary N) is 2. The molecule has 14 nitrogen and oxygen atoms in total. The Balaban J connectivity index is 1.28. The highest BCUT2D eigenvalue weighted by Crippen LogP contribution is 2.18. The number of carbonyl (C=O) groups is 2. The van der Waals surface area contributed by atoms with E-state index in [0.29, 0.717) is 26.4 Å². The van der Waals surface area contributed by atoms with Gasteiger partial charge in [0.25, 0.3) is 11.8 Å². The molecule has 0 spiro atoms. The van der Waals surface area contributed by atoms with E-state index in [4.69, 9.17) is 18.9 Å². The number of aromatic nitrogens is 4. The lowest BCUT2D eigenvalue weighted by Gasteiger charge is -2.07. The van der Waals surface area contributed by atoms with Crippen molar-refractivity contribution in [2.24, 2.45) is 0 Å². The Morgan fingerprint density at radius 2 is 1.16 bits per heavy atom. The van der Waals surface area contributed by atoms with Crippen molar-refractivity contribution in [3.8, 4) is 0 Å². The fourth-order valence-corrected chi connectivity index (χ4v) is 6.57. The van der Waals surface area contributed by atoms with Gasteiger partial charge in [0.2, 0.25) is 10.3 Å². The summed E-state index contributed by atoms with van der Waals surface area (Å²) in [6.07, 6.45) is 0. The first-order valence-corrected chi connectivity index (χ1v) is 17.2. The predicted molar refractivity (Wildman–Crippen MR) is 167 cm³/mol. The summed E-state index contributed by atoms with van der Waals surface area (Å²) in [5.41, 5.74) is 2.49. The summed E-state index contributed by atoms with van der Waals surface area (Å²) in [5.74, 6) is 2.31. The van der Waals surface area contributed by atoms with Crippen LogP contribution < -0.4 is 20.4 Å². The minimum Gasteiger partial charge on any atom is -0.379 e. The smallest absolute Gasteiger partial charge is 0.326 e. The zero-order valence-corrected chi connectivity index (χ0v) is 26.5. The van der Waals surface area contributed by atoms with Crippen LogP contribution in [0.1, 0.15) is 11.1 Å². The average molecular weight is 673 g/mol. The topological polar surface area (TPSA) is 165 Å². The number of rotatable bonds is 0. The summed E-state index contributed by atoms with van der Waals surface area (Å²) in [7, 11) is 0. The van der Waals surface area contributed by atoms with Crippen LogP contribution in [0.25, 0.3) is 0 Å². The molecule has 0 atom stereocenters. The molecule has 2 N–H and O–H groups in total. The number of hydrogen-bond donors (Lipinski definition) is 2. The molecule has 234 valence electrons. The molecule has 43 heavy (non-hydrogen) atoms. The monoisotopic (exact) mass is 672 g/mol. The molecule has 2 amide bonds. The van der Waals surface area contributed by atoms with E-state index in [1.165, 1.54) is 20.5 Å². The van der Waals surface area contributed by atoms with Crippen LogP contribution in [0.2, 0.25) is 0 Å². The standard InChI is InChI=1S/C25H32N6O8S4/c32-20-13-38-17-39-14-21(33)27-23-29-31(25(35)43-23)5-7-37-9-11-41-16-19-3-1-2-18(12-19)15-40-10-8-36-6-4-30-24(34)42-22(26-20)28-30/h1-3,12H,4-11,13-17H2,(H,26,28,32)(H,27,29,33). The van der Waals surface area contributed by atoms with Gasteiger partial charge in [-0.3, -0.25) is 29.8 Å². The number of amides is 2. The number of carbonyl (C=O) groups excluding carboxylic acids is 2. The highest BCUT2D eigenvalue weighted by Gasteiger charge is 2.12. The first-order chi connectivity index (χ1) is 21.0. The molecule has 0 saturated heterocycles. The van der Waals surface area contributed by atoms with Crippen molar-refractivity contribution in [3.05, 3.63) is 54.7 Å². The summed E-state index contributed by atoms with van der Waals surface area (Å²) in [6, 6.07) is 8.49. The van der Waals surface area contributed by atoms with Crippen molar-refractivity contribution in [1.82, 2.24) is 19.6 Å². The Labute approximate surface area is 263 Å². The van der Waals surface area contributed by atoms with Gasteiger partial charge in [0, 0.05) is 23.0 Å². The number of ether oxygens (including phenoxy) is 4. The Hall–Kier alpha value is -2.58. The summed E-state index contributed by atoms with van der Waals surface area (Å²) in [4.78, 5) is 47.9. The van der Waals surface area contributed by atoms with Crippen LogP contribution in [-0.2, 0) is 53.1 Å². The molecular formula is C25H32N6O8S4. The van der Waals surface area contributed by atoms with E-state index in [-0.39, 0.29) is 53.1 Å². The normalized spacial score (nSPS) is 18.0. The maximum Gasteiger partial charge on any atom is 0.326 e. The molecule has 4 rings (SSSR count). The third-order valence-electron chi connectivity index (χ3n) is 5.51. The second-order valence-electron chi connectivity index (χ2n) is 8.85. The molecule has 2 aromatic heterocycles. The highest BCUT2D eigenvalue weighted by molar-refractivity contribution is 7.98. The van der Waals surface area contributed by atoms with E-state index in [0.717, 1.165) is 45.7 Å². The van der Waals surface area contributed by atoms with Crippen LogP contribution in [0.15, 0.2) is 33.9 Å². The van der Waals surface area contributed by atoms with E-state index in [9.17, 15) is 19.2 Å². The van der Waals surface area contributed by atoms with Gasteiger partial charge in [-0.15, -0.1) is 10.2 Å².